The fourth-order valence-corrected chi connectivity index (χ4v) is 3.41. The van der Waals surface area contributed by atoms with Crippen LogP contribution in [0.4, 0.5) is 5.69 Å². The number of nitrogens with one attached hydrogen (secondary N) is 1. The van der Waals surface area contributed by atoms with Crippen molar-refractivity contribution in [3.8, 4) is 0 Å². The van der Waals surface area contributed by atoms with Gasteiger partial charge in [-0.05, 0) is 24.2 Å². The molecule has 6 heteroatoms. The highest BCUT2D eigenvalue weighted by molar-refractivity contribution is 7.21. The lowest BCUT2D eigenvalue weighted by Crippen LogP contribution is -2.32. The Morgan fingerprint density at radius 2 is 2.15 bits per heavy atom. The van der Waals surface area contributed by atoms with E-state index in [1.165, 1.54) is 24.2 Å². The van der Waals surface area contributed by atoms with E-state index in [2.05, 4.69) is 29.1 Å². The van der Waals surface area contributed by atoms with Crippen LogP contribution >= 0.6 is 11.3 Å². The number of nitrogens with zero attached hydrogens (tertiary/aromatic N) is 2. The van der Waals surface area contributed by atoms with Crippen LogP contribution in [0.5, 0.6) is 0 Å². The zero-order valence-corrected chi connectivity index (χ0v) is 12.5. The summed E-state index contributed by atoms with van der Waals surface area (Å²) in [4.78, 5) is 21.9. The molecule has 20 heavy (non-hydrogen) atoms. The van der Waals surface area contributed by atoms with Crippen molar-refractivity contribution in [1.29, 1.82) is 0 Å². The molecule has 3 N–H and O–H groups in total. The van der Waals surface area contributed by atoms with E-state index in [9.17, 15) is 4.79 Å². The van der Waals surface area contributed by atoms with Gasteiger partial charge in [-0.2, -0.15) is 0 Å². The number of nitrogen functional groups attached to an aromatic ring is 1. The molecule has 2 heterocycles. The average Bonchev–Trinajstić information content (AvgIpc) is 3.16. The van der Waals surface area contributed by atoms with Gasteiger partial charge in [0.25, 0.3) is 5.91 Å². The first-order chi connectivity index (χ1) is 9.53. The summed E-state index contributed by atoms with van der Waals surface area (Å²) in [5.74, 6) is 0.477. The lowest BCUT2D eigenvalue weighted by Gasteiger charge is -2.19. The lowest BCUT2D eigenvalue weighted by atomic mass is 9.92. The Morgan fingerprint density at radius 3 is 2.75 bits per heavy atom. The molecule has 0 aliphatic heterocycles. The maximum Gasteiger partial charge on any atom is 0.263 e. The van der Waals surface area contributed by atoms with Gasteiger partial charge in [0.15, 0.2) is 0 Å². The number of fused-ring (bicyclic) bond motifs is 1. The van der Waals surface area contributed by atoms with Crippen molar-refractivity contribution in [2.45, 2.75) is 26.7 Å². The summed E-state index contributed by atoms with van der Waals surface area (Å²) in [7, 11) is 0. The average molecular weight is 290 g/mol. The number of nitrogens with two attached hydrogens (primary N) is 1. The van der Waals surface area contributed by atoms with Gasteiger partial charge >= 0.3 is 0 Å². The molecule has 0 aromatic carbocycles. The summed E-state index contributed by atoms with van der Waals surface area (Å²) in [6, 6.07) is 0. The molecule has 2 aromatic rings. The second-order valence-electron chi connectivity index (χ2n) is 5.75. The predicted molar refractivity (Wildman–Crippen MR) is 80.7 cm³/mol. The maximum absolute atomic E-state index is 12.3. The third-order valence-corrected chi connectivity index (χ3v) is 5.39. The van der Waals surface area contributed by atoms with Crippen LogP contribution in [-0.2, 0) is 0 Å². The molecule has 0 saturated heterocycles. The number of hydrogen-bond donors (Lipinski definition) is 2. The number of anilines is 1. The van der Waals surface area contributed by atoms with Gasteiger partial charge in [-0.1, -0.05) is 13.8 Å². The summed E-state index contributed by atoms with van der Waals surface area (Å²) in [6.45, 7) is 5.14. The first kappa shape index (κ1) is 13.3. The third-order valence-electron chi connectivity index (χ3n) is 4.29. The summed E-state index contributed by atoms with van der Waals surface area (Å²) >= 11 is 1.30. The van der Waals surface area contributed by atoms with Crippen LogP contribution in [0.15, 0.2) is 12.4 Å². The van der Waals surface area contributed by atoms with Crippen LogP contribution in [-0.4, -0.2) is 22.4 Å². The monoisotopic (exact) mass is 290 g/mol. The van der Waals surface area contributed by atoms with Crippen molar-refractivity contribution in [1.82, 2.24) is 15.3 Å². The van der Waals surface area contributed by atoms with Crippen molar-refractivity contribution in [2.75, 3.05) is 12.3 Å². The molecule has 1 saturated carbocycles. The van der Waals surface area contributed by atoms with Gasteiger partial charge in [-0.3, -0.25) is 4.79 Å². The smallest absolute Gasteiger partial charge is 0.263 e. The molecule has 0 radical (unpaired) electrons. The molecule has 0 bridgehead atoms. The molecule has 1 aliphatic carbocycles. The van der Waals surface area contributed by atoms with Crippen LogP contribution in [0.25, 0.3) is 10.3 Å². The van der Waals surface area contributed by atoms with Crippen LogP contribution < -0.4 is 11.1 Å². The number of amides is 1. The minimum absolute atomic E-state index is 0.112. The van der Waals surface area contributed by atoms with Gasteiger partial charge in [0.2, 0.25) is 0 Å². The summed E-state index contributed by atoms with van der Waals surface area (Å²) < 4.78 is 0. The van der Waals surface area contributed by atoms with Crippen molar-refractivity contribution in [2.24, 2.45) is 11.3 Å². The zero-order valence-electron chi connectivity index (χ0n) is 11.6. The second-order valence-corrected chi connectivity index (χ2v) is 6.75. The molecular weight excluding hydrogens is 272 g/mol. The highest BCUT2D eigenvalue weighted by Crippen LogP contribution is 2.51. The van der Waals surface area contributed by atoms with Crippen molar-refractivity contribution in [3.05, 3.63) is 17.3 Å². The molecule has 5 nitrogen and oxygen atoms in total. The van der Waals surface area contributed by atoms with Crippen LogP contribution in [0.3, 0.4) is 0 Å². The number of carbonyl (C=O) groups is 1. The van der Waals surface area contributed by atoms with Crippen LogP contribution in [0, 0.1) is 11.3 Å². The van der Waals surface area contributed by atoms with Gasteiger partial charge in [0.1, 0.15) is 15.2 Å². The SMILES string of the molecule is CC(C)C1(CNC(=O)c2sc3nccnc3c2N)CC1. The lowest BCUT2D eigenvalue weighted by molar-refractivity contribution is 0.0944. The first-order valence-electron chi connectivity index (χ1n) is 6.81. The van der Waals surface area contributed by atoms with E-state index in [0.29, 0.717) is 26.8 Å². The molecule has 1 fully saturated rings. The number of aromatic nitrogens is 2. The fourth-order valence-electron chi connectivity index (χ4n) is 2.47. The van der Waals surface area contributed by atoms with E-state index in [4.69, 9.17) is 5.73 Å². The number of carbonyl (C=O) groups excluding carboxylic acids is 1. The Bertz CT molecular complexity index is 660. The molecule has 0 unspecified atom stereocenters. The number of hydrogen-bond acceptors (Lipinski definition) is 5. The maximum atomic E-state index is 12.3. The molecule has 3 rings (SSSR count). The van der Waals surface area contributed by atoms with Gasteiger partial charge in [-0.25, -0.2) is 9.97 Å². The summed E-state index contributed by atoms with van der Waals surface area (Å²) in [5.41, 5.74) is 7.34. The zero-order chi connectivity index (χ0) is 14.3. The molecular formula is C14H18N4OS. The largest absolute Gasteiger partial charge is 0.396 e. The standard InChI is InChI=1S/C14H18N4OS/c1-8(2)14(3-4-14)7-18-12(19)11-9(15)10-13(20-11)17-6-5-16-10/h5-6,8H,3-4,7,15H2,1-2H3,(H,18,19). The molecule has 2 aromatic heterocycles. The van der Waals surface area contributed by atoms with E-state index in [1.807, 2.05) is 0 Å². The molecule has 1 amide bonds. The quantitative estimate of drug-likeness (QED) is 0.906. The normalized spacial score (nSPS) is 16.6. The highest BCUT2D eigenvalue weighted by Gasteiger charge is 2.45. The molecule has 0 atom stereocenters. The van der Waals surface area contributed by atoms with Crippen molar-refractivity contribution < 1.29 is 4.79 Å². The van der Waals surface area contributed by atoms with E-state index < -0.39 is 0 Å². The van der Waals surface area contributed by atoms with Crippen LogP contribution in [0.2, 0.25) is 0 Å². The minimum Gasteiger partial charge on any atom is -0.396 e. The van der Waals surface area contributed by atoms with Gasteiger partial charge in [0.05, 0.1) is 5.69 Å². The van der Waals surface area contributed by atoms with Gasteiger partial charge in [0, 0.05) is 18.9 Å². The highest BCUT2D eigenvalue weighted by atomic mass is 32.1. The molecule has 106 valence electrons. The Kier molecular flexibility index (Phi) is 3.12. The summed E-state index contributed by atoms with van der Waals surface area (Å²) in [5, 5.41) is 3.02. The Balaban J connectivity index is 1.78. The van der Waals surface area contributed by atoms with Crippen molar-refractivity contribution in [3.63, 3.8) is 0 Å². The van der Waals surface area contributed by atoms with E-state index in [-0.39, 0.29) is 11.3 Å². The summed E-state index contributed by atoms with van der Waals surface area (Å²) in [6.07, 6.45) is 5.58. The third kappa shape index (κ3) is 2.14. The Hall–Kier alpha value is -1.69. The molecule has 1 aliphatic rings. The second kappa shape index (κ2) is 4.70. The van der Waals surface area contributed by atoms with Crippen LogP contribution in [0.1, 0.15) is 36.4 Å². The Morgan fingerprint density at radius 1 is 1.45 bits per heavy atom. The number of thiophene rings is 1. The molecule has 0 spiro atoms. The first-order valence-corrected chi connectivity index (χ1v) is 7.62. The van der Waals surface area contributed by atoms with E-state index in [0.717, 1.165) is 6.54 Å². The van der Waals surface area contributed by atoms with Gasteiger partial charge < -0.3 is 11.1 Å². The van der Waals surface area contributed by atoms with E-state index in [1.54, 1.807) is 12.4 Å². The van der Waals surface area contributed by atoms with E-state index >= 15 is 0 Å². The Labute approximate surface area is 121 Å². The fraction of sp³-hybridized carbons (Fsp3) is 0.500. The van der Waals surface area contributed by atoms with Gasteiger partial charge in [-0.15, -0.1) is 11.3 Å². The van der Waals surface area contributed by atoms with Crippen molar-refractivity contribution >= 4 is 33.3 Å². The topological polar surface area (TPSA) is 80.9 Å². The number of rotatable bonds is 4. The minimum atomic E-state index is -0.112. The predicted octanol–water partition coefficient (Wildman–Crippen LogP) is 2.44.